The van der Waals surface area contributed by atoms with Crippen molar-refractivity contribution in [3.8, 4) is 11.5 Å². The topological polar surface area (TPSA) is 90.9 Å². The van der Waals surface area contributed by atoms with E-state index < -0.39 is 24.5 Å². The molecule has 0 unspecified atom stereocenters. The quantitative estimate of drug-likeness (QED) is 0.436. The van der Waals surface area contributed by atoms with Crippen LogP contribution in [0.2, 0.25) is 0 Å². The van der Waals surface area contributed by atoms with E-state index in [1.807, 2.05) is 30.3 Å². The number of hydrogen-bond acceptors (Lipinski definition) is 7. The van der Waals surface area contributed by atoms with Crippen molar-refractivity contribution in [2.45, 2.75) is 32.6 Å². The molecule has 34 heavy (non-hydrogen) atoms. The second-order valence-electron chi connectivity index (χ2n) is 7.70. The number of aryl methyl sites for hydroxylation is 1. The van der Waals surface area contributed by atoms with Gasteiger partial charge in [0.2, 0.25) is 0 Å². The summed E-state index contributed by atoms with van der Waals surface area (Å²) in [6.45, 7) is 1.53. The predicted molar refractivity (Wildman–Crippen MR) is 129 cm³/mol. The molecule has 0 radical (unpaired) electrons. The minimum atomic E-state index is -0.627. The average Bonchev–Trinajstić information content (AvgIpc) is 3.21. The lowest BCUT2D eigenvalue weighted by Gasteiger charge is -2.12. The Morgan fingerprint density at radius 3 is 2.32 bits per heavy atom. The summed E-state index contributed by atoms with van der Waals surface area (Å²) in [6.07, 6.45) is 3.71. The molecular weight excluding hydrogens is 454 g/mol. The number of carbonyl (C=O) groups is 3. The number of amides is 1. The van der Waals surface area contributed by atoms with Crippen molar-refractivity contribution in [3.05, 3.63) is 76.2 Å². The molecule has 2 aromatic carbocycles. The van der Waals surface area contributed by atoms with Gasteiger partial charge in [0.1, 0.15) is 16.5 Å². The number of rotatable bonds is 8. The number of anilines is 1. The molecule has 7 nitrogen and oxygen atoms in total. The highest BCUT2D eigenvalue weighted by atomic mass is 32.1. The number of para-hydroxylation sites is 1. The highest BCUT2D eigenvalue weighted by Crippen LogP contribution is 2.38. The minimum Gasteiger partial charge on any atom is -0.462 e. The molecule has 1 aliphatic rings. The van der Waals surface area contributed by atoms with Crippen LogP contribution < -0.4 is 10.1 Å². The minimum absolute atomic E-state index is 0.254. The summed E-state index contributed by atoms with van der Waals surface area (Å²) in [7, 11) is 0. The molecule has 8 heteroatoms. The van der Waals surface area contributed by atoms with E-state index in [0.29, 0.717) is 27.6 Å². The SMILES string of the molecule is CCOC(=O)c1c(NC(=O)COC(=O)c2ccc(Oc3ccccc3)cc2)sc2c1CCCC2. The van der Waals surface area contributed by atoms with E-state index in [-0.39, 0.29) is 6.61 Å². The van der Waals surface area contributed by atoms with Crippen molar-refractivity contribution in [1.82, 2.24) is 0 Å². The van der Waals surface area contributed by atoms with E-state index >= 15 is 0 Å². The molecule has 4 rings (SSSR count). The van der Waals surface area contributed by atoms with Gasteiger partial charge in [-0.3, -0.25) is 4.79 Å². The van der Waals surface area contributed by atoms with E-state index in [4.69, 9.17) is 14.2 Å². The Morgan fingerprint density at radius 1 is 0.882 bits per heavy atom. The molecule has 0 spiro atoms. The summed E-state index contributed by atoms with van der Waals surface area (Å²) >= 11 is 1.39. The molecule has 1 amide bonds. The van der Waals surface area contributed by atoms with Crippen LogP contribution in [0.15, 0.2) is 54.6 Å². The van der Waals surface area contributed by atoms with Crippen LogP contribution in [0.25, 0.3) is 0 Å². The maximum atomic E-state index is 12.5. The standard InChI is InChI=1S/C26H25NO6S/c1-2-31-26(30)23-20-10-6-7-11-21(20)34-24(23)27-22(28)16-32-25(29)17-12-14-19(15-13-17)33-18-8-4-3-5-9-18/h3-5,8-9,12-15H,2,6-7,10-11,16H2,1H3,(H,27,28). The number of ether oxygens (including phenoxy) is 3. The number of hydrogen-bond donors (Lipinski definition) is 1. The van der Waals surface area contributed by atoms with E-state index in [1.165, 1.54) is 11.3 Å². The molecule has 176 valence electrons. The Labute approximate surface area is 201 Å². The Bertz CT molecular complexity index is 1170. The van der Waals surface area contributed by atoms with E-state index in [0.717, 1.165) is 36.1 Å². The van der Waals surface area contributed by atoms with Gasteiger partial charge in [0, 0.05) is 4.88 Å². The van der Waals surface area contributed by atoms with Crippen molar-refractivity contribution in [2.24, 2.45) is 0 Å². The fourth-order valence-electron chi connectivity index (χ4n) is 3.73. The van der Waals surface area contributed by atoms with Gasteiger partial charge >= 0.3 is 11.9 Å². The molecular formula is C26H25NO6S. The van der Waals surface area contributed by atoms with Gasteiger partial charge in [-0.1, -0.05) is 18.2 Å². The first-order chi connectivity index (χ1) is 16.5. The number of benzene rings is 2. The van der Waals surface area contributed by atoms with Gasteiger partial charge in [-0.25, -0.2) is 9.59 Å². The zero-order valence-corrected chi connectivity index (χ0v) is 19.6. The monoisotopic (exact) mass is 479 g/mol. The van der Waals surface area contributed by atoms with Crippen LogP contribution >= 0.6 is 11.3 Å². The number of thiophene rings is 1. The first-order valence-corrected chi connectivity index (χ1v) is 12.0. The third-order valence-electron chi connectivity index (χ3n) is 5.31. The van der Waals surface area contributed by atoms with Gasteiger partial charge in [-0.05, 0) is 74.6 Å². The Balaban J connectivity index is 1.35. The molecule has 0 bridgehead atoms. The van der Waals surface area contributed by atoms with Gasteiger partial charge in [-0.15, -0.1) is 11.3 Å². The maximum Gasteiger partial charge on any atom is 0.341 e. The molecule has 1 N–H and O–H groups in total. The van der Waals surface area contributed by atoms with Crippen molar-refractivity contribution < 1.29 is 28.6 Å². The molecule has 1 aliphatic carbocycles. The molecule has 0 atom stereocenters. The van der Waals surface area contributed by atoms with Crippen LogP contribution in [0.3, 0.4) is 0 Å². The lowest BCUT2D eigenvalue weighted by Crippen LogP contribution is -2.22. The summed E-state index contributed by atoms with van der Waals surface area (Å²) in [5.74, 6) is -0.313. The highest BCUT2D eigenvalue weighted by molar-refractivity contribution is 7.17. The third kappa shape index (κ3) is 5.63. The third-order valence-corrected chi connectivity index (χ3v) is 6.51. The zero-order valence-electron chi connectivity index (χ0n) is 18.8. The van der Waals surface area contributed by atoms with Crippen LogP contribution in [0.5, 0.6) is 11.5 Å². The lowest BCUT2D eigenvalue weighted by atomic mass is 9.95. The first-order valence-electron chi connectivity index (χ1n) is 11.2. The molecule has 0 saturated heterocycles. The number of fused-ring (bicyclic) bond motifs is 1. The van der Waals surface area contributed by atoms with Crippen molar-refractivity contribution in [3.63, 3.8) is 0 Å². The Hall–Kier alpha value is -3.65. The van der Waals surface area contributed by atoms with Crippen LogP contribution in [0, 0.1) is 0 Å². The molecule has 1 aromatic heterocycles. The smallest absolute Gasteiger partial charge is 0.341 e. The van der Waals surface area contributed by atoms with Crippen molar-refractivity contribution in [2.75, 3.05) is 18.5 Å². The summed E-state index contributed by atoms with van der Waals surface area (Å²) in [4.78, 5) is 38.5. The molecule has 3 aromatic rings. The summed E-state index contributed by atoms with van der Waals surface area (Å²) in [5, 5.41) is 3.18. The second-order valence-corrected chi connectivity index (χ2v) is 8.80. The maximum absolute atomic E-state index is 12.5. The van der Waals surface area contributed by atoms with Gasteiger partial charge in [0.25, 0.3) is 5.91 Å². The van der Waals surface area contributed by atoms with Crippen molar-refractivity contribution in [1.29, 1.82) is 0 Å². The highest BCUT2D eigenvalue weighted by Gasteiger charge is 2.27. The van der Waals surface area contributed by atoms with Gasteiger partial charge in [0.05, 0.1) is 17.7 Å². The van der Waals surface area contributed by atoms with Gasteiger partial charge in [-0.2, -0.15) is 0 Å². The molecule has 1 heterocycles. The zero-order chi connectivity index (χ0) is 23.9. The summed E-state index contributed by atoms with van der Waals surface area (Å²) in [5.41, 5.74) is 1.68. The summed E-state index contributed by atoms with van der Waals surface area (Å²) in [6, 6.07) is 15.8. The van der Waals surface area contributed by atoms with Crippen LogP contribution in [0.4, 0.5) is 5.00 Å². The summed E-state index contributed by atoms with van der Waals surface area (Å²) < 4.78 is 16.1. The van der Waals surface area contributed by atoms with Gasteiger partial charge < -0.3 is 19.5 Å². The normalized spacial score (nSPS) is 12.4. The molecule has 0 aliphatic heterocycles. The second kappa shape index (κ2) is 11.0. The lowest BCUT2D eigenvalue weighted by molar-refractivity contribution is -0.119. The van der Waals surface area contributed by atoms with E-state index in [1.54, 1.807) is 31.2 Å². The van der Waals surface area contributed by atoms with E-state index in [9.17, 15) is 14.4 Å². The number of carbonyl (C=O) groups excluding carboxylic acids is 3. The predicted octanol–water partition coefficient (Wildman–Crippen LogP) is 5.39. The van der Waals surface area contributed by atoms with Crippen molar-refractivity contribution >= 4 is 34.2 Å². The van der Waals surface area contributed by atoms with Gasteiger partial charge in [0.15, 0.2) is 6.61 Å². The van der Waals surface area contributed by atoms with Crippen LogP contribution in [0.1, 0.15) is 50.9 Å². The Morgan fingerprint density at radius 2 is 1.59 bits per heavy atom. The first kappa shape index (κ1) is 23.5. The average molecular weight is 480 g/mol. The fraction of sp³-hybridized carbons (Fsp3) is 0.269. The fourth-order valence-corrected chi connectivity index (χ4v) is 5.03. The van der Waals surface area contributed by atoms with Crippen LogP contribution in [-0.4, -0.2) is 31.1 Å². The number of nitrogens with one attached hydrogen (secondary N) is 1. The molecule has 0 fully saturated rings. The van der Waals surface area contributed by atoms with Crippen LogP contribution in [-0.2, 0) is 27.1 Å². The largest absolute Gasteiger partial charge is 0.462 e. The van der Waals surface area contributed by atoms with E-state index in [2.05, 4.69) is 5.32 Å². The number of esters is 2. The Kier molecular flexibility index (Phi) is 7.59. The molecule has 0 saturated carbocycles.